The van der Waals surface area contributed by atoms with Crippen molar-refractivity contribution in [3.05, 3.63) is 23.8 Å². The molecule has 6 heteroatoms. The highest BCUT2D eigenvalue weighted by Crippen LogP contribution is 2.30. The van der Waals surface area contributed by atoms with E-state index in [9.17, 15) is 4.79 Å². The molecule has 0 radical (unpaired) electrons. The third-order valence-corrected chi connectivity index (χ3v) is 5.42. The van der Waals surface area contributed by atoms with Gasteiger partial charge in [0.25, 0.3) is 5.91 Å². The second-order valence-corrected chi connectivity index (χ2v) is 7.50. The van der Waals surface area contributed by atoms with Crippen molar-refractivity contribution in [1.29, 1.82) is 0 Å². The number of piperazine rings is 1. The number of thiazole rings is 1. The lowest BCUT2D eigenvalue weighted by molar-refractivity contribution is 0.0828. The molecule has 1 aromatic carbocycles. The van der Waals surface area contributed by atoms with Crippen LogP contribution in [0.15, 0.2) is 18.2 Å². The minimum absolute atomic E-state index is 0.0346. The summed E-state index contributed by atoms with van der Waals surface area (Å²) < 4.78 is 1.08. The van der Waals surface area contributed by atoms with Crippen LogP contribution in [0.5, 0.6) is 0 Å². The van der Waals surface area contributed by atoms with Gasteiger partial charge >= 0.3 is 0 Å². The van der Waals surface area contributed by atoms with E-state index in [0.717, 1.165) is 47.1 Å². The van der Waals surface area contributed by atoms with E-state index in [-0.39, 0.29) is 5.91 Å². The molecular weight excluding hydrogens is 308 g/mol. The number of hydrogen-bond donors (Lipinski definition) is 0. The predicted octanol–water partition coefficient (Wildman–Crippen LogP) is 2.53. The maximum Gasteiger partial charge on any atom is 0.253 e. The van der Waals surface area contributed by atoms with Crippen molar-refractivity contribution in [1.82, 2.24) is 14.8 Å². The fourth-order valence-electron chi connectivity index (χ4n) is 2.87. The van der Waals surface area contributed by atoms with Crippen LogP contribution in [0, 0.1) is 0 Å². The number of carbonyl (C=O) groups is 1. The Labute approximate surface area is 141 Å². The van der Waals surface area contributed by atoms with Gasteiger partial charge in [-0.15, -0.1) is 0 Å². The summed E-state index contributed by atoms with van der Waals surface area (Å²) in [6.07, 6.45) is 0. The summed E-state index contributed by atoms with van der Waals surface area (Å²) in [5, 5.41) is 1.07. The van der Waals surface area contributed by atoms with Gasteiger partial charge < -0.3 is 9.80 Å². The molecule has 1 saturated heterocycles. The molecule has 23 heavy (non-hydrogen) atoms. The van der Waals surface area contributed by atoms with Gasteiger partial charge in [-0.1, -0.05) is 11.3 Å². The quantitative estimate of drug-likeness (QED) is 0.866. The summed E-state index contributed by atoms with van der Waals surface area (Å²) in [5.41, 5.74) is 1.70. The minimum Gasteiger partial charge on any atom is -0.345 e. The number of amides is 1. The largest absolute Gasteiger partial charge is 0.345 e. The van der Waals surface area contributed by atoms with Gasteiger partial charge in [0.2, 0.25) is 0 Å². The van der Waals surface area contributed by atoms with Crippen LogP contribution in [0.4, 0.5) is 5.13 Å². The van der Waals surface area contributed by atoms with Gasteiger partial charge in [-0.05, 0) is 32.0 Å². The zero-order valence-corrected chi connectivity index (χ0v) is 15.1. The zero-order chi connectivity index (χ0) is 16.6. The summed E-state index contributed by atoms with van der Waals surface area (Å²) in [5.74, 6) is 0.0346. The highest BCUT2D eigenvalue weighted by atomic mass is 32.1. The highest BCUT2D eigenvalue weighted by molar-refractivity contribution is 7.22. The molecule has 124 valence electrons. The van der Waals surface area contributed by atoms with Gasteiger partial charge in [-0.25, -0.2) is 4.98 Å². The average molecular weight is 332 g/mol. The monoisotopic (exact) mass is 332 g/mol. The lowest BCUT2D eigenvalue weighted by Crippen LogP contribution is -2.48. The number of fused-ring (bicyclic) bond motifs is 1. The molecule has 1 aliphatic heterocycles. The molecule has 0 spiro atoms. The lowest BCUT2D eigenvalue weighted by atomic mass is 10.2. The normalized spacial score (nSPS) is 16.3. The molecule has 1 aliphatic rings. The Morgan fingerprint density at radius 3 is 2.52 bits per heavy atom. The standard InChI is InChI=1S/C17H24N4OS/c1-12(2)20-7-9-21(10-8-20)17-18-14-6-5-13(11-15(14)23-17)16(22)19(3)4/h5-6,11-12H,7-10H2,1-4H3. The van der Waals surface area contributed by atoms with E-state index in [1.54, 1.807) is 30.3 Å². The van der Waals surface area contributed by atoms with Gasteiger partial charge in [0, 0.05) is 51.9 Å². The first kappa shape index (κ1) is 16.2. The minimum atomic E-state index is 0.0346. The number of anilines is 1. The summed E-state index contributed by atoms with van der Waals surface area (Å²) in [7, 11) is 3.55. The third-order valence-electron chi connectivity index (χ3n) is 4.35. The molecule has 3 rings (SSSR count). The van der Waals surface area contributed by atoms with Crippen molar-refractivity contribution in [3.63, 3.8) is 0 Å². The summed E-state index contributed by atoms with van der Waals surface area (Å²) in [6, 6.07) is 6.39. The fourth-order valence-corrected chi connectivity index (χ4v) is 3.93. The topological polar surface area (TPSA) is 39.7 Å². The van der Waals surface area contributed by atoms with Crippen molar-refractivity contribution in [2.45, 2.75) is 19.9 Å². The Kier molecular flexibility index (Phi) is 4.55. The Morgan fingerprint density at radius 2 is 1.91 bits per heavy atom. The van der Waals surface area contributed by atoms with E-state index >= 15 is 0 Å². The SMILES string of the molecule is CC(C)N1CCN(c2nc3ccc(C(=O)N(C)C)cc3s2)CC1. The zero-order valence-electron chi connectivity index (χ0n) is 14.2. The molecular formula is C17H24N4OS. The smallest absolute Gasteiger partial charge is 0.253 e. The average Bonchev–Trinajstić information content (AvgIpc) is 2.97. The molecule has 1 amide bonds. The van der Waals surface area contributed by atoms with E-state index in [2.05, 4.69) is 23.6 Å². The van der Waals surface area contributed by atoms with Crippen LogP contribution in [0.2, 0.25) is 0 Å². The first-order chi connectivity index (χ1) is 11.0. The van der Waals surface area contributed by atoms with Gasteiger partial charge in [0.05, 0.1) is 10.2 Å². The second kappa shape index (κ2) is 6.45. The van der Waals surface area contributed by atoms with Crippen molar-refractivity contribution in [3.8, 4) is 0 Å². The van der Waals surface area contributed by atoms with E-state index in [0.29, 0.717) is 6.04 Å². The molecule has 5 nitrogen and oxygen atoms in total. The maximum atomic E-state index is 12.1. The number of carbonyl (C=O) groups excluding carboxylic acids is 1. The molecule has 0 aliphatic carbocycles. The number of nitrogens with zero attached hydrogens (tertiary/aromatic N) is 4. The number of hydrogen-bond acceptors (Lipinski definition) is 5. The van der Waals surface area contributed by atoms with Gasteiger partial charge in [-0.3, -0.25) is 9.69 Å². The molecule has 0 bridgehead atoms. The Morgan fingerprint density at radius 1 is 1.22 bits per heavy atom. The van der Waals surface area contributed by atoms with Crippen molar-refractivity contribution in [2.24, 2.45) is 0 Å². The van der Waals surface area contributed by atoms with Crippen molar-refractivity contribution in [2.75, 3.05) is 45.2 Å². The fraction of sp³-hybridized carbons (Fsp3) is 0.529. The van der Waals surface area contributed by atoms with Crippen molar-refractivity contribution >= 4 is 32.6 Å². The van der Waals surface area contributed by atoms with Gasteiger partial charge in [0.1, 0.15) is 0 Å². The molecule has 0 unspecified atom stereocenters. The summed E-state index contributed by atoms with van der Waals surface area (Å²) in [6.45, 7) is 8.69. The number of benzene rings is 1. The van der Waals surface area contributed by atoms with Crippen LogP contribution in [0.25, 0.3) is 10.2 Å². The van der Waals surface area contributed by atoms with Crippen LogP contribution >= 0.6 is 11.3 Å². The van der Waals surface area contributed by atoms with E-state index in [4.69, 9.17) is 4.98 Å². The van der Waals surface area contributed by atoms with E-state index < -0.39 is 0 Å². The van der Waals surface area contributed by atoms with Crippen LogP contribution in [0.1, 0.15) is 24.2 Å². The van der Waals surface area contributed by atoms with Crippen LogP contribution in [-0.2, 0) is 0 Å². The second-order valence-electron chi connectivity index (χ2n) is 6.50. The summed E-state index contributed by atoms with van der Waals surface area (Å²) >= 11 is 1.68. The molecule has 2 heterocycles. The molecule has 0 atom stereocenters. The highest BCUT2D eigenvalue weighted by Gasteiger charge is 2.21. The van der Waals surface area contributed by atoms with Gasteiger partial charge in [0.15, 0.2) is 5.13 Å². The first-order valence-corrected chi connectivity index (χ1v) is 8.88. The predicted molar refractivity (Wildman–Crippen MR) is 96.6 cm³/mol. The summed E-state index contributed by atoms with van der Waals surface area (Å²) in [4.78, 5) is 23.3. The maximum absolute atomic E-state index is 12.1. The number of aromatic nitrogens is 1. The molecule has 1 aromatic heterocycles. The first-order valence-electron chi connectivity index (χ1n) is 8.07. The Balaban J connectivity index is 1.80. The van der Waals surface area contributed by atoms with Crippen molar-refractivity contribution < 1.29 is 4.79 Å². The van der Waals surface area contributed by atoms with Gasteiger partial charge in [-0.2, -0.15) is 0 Å². The third kappa shape index (κ3) is 3.33. The van der Waals surface area contributed by atoms with Crippen LogP contribution in [-0.4, -0.2) is 67.0 Å². The molecule has 0 N–H and O–H groups in total. The Hall–Kier alpha value is -1.66. The molecule has 2 aromatic rings. The van der Waals surface area contributed by atoms with Crippen LogP contribution < -0.4 is 4.90 Å². The Bertz CT molecular complexity index is 702. The van der Waals surface area contributed by atoms with Crippen LogP contribution in [0.3, 0.4) is 0 Å². The number of rotatable bonds is 3. The van der Waals surface area contributed by atoms with E-state index in [1.165, 1.54) is 0 Å². The lowest BCUT2D eigenvalue weighted by Gasteiger charge is -2.36. The van der Waals surface area contributed by atoms with E-state index in [1.807, 2.05) is 18.2 Å². The molecule has 0 saturated carbocycles. The molecule has 1 fully saturated rings.